The summed E-state index contributed by atoms with van der Waals surface area (Å²) in [4.78, 5) is 13.7. The molecule has 3 N–H and O–H groups in total. The van der Waals surface area contributed by atoms with E-state index in [0.29, 0.717) is 5.41 Å². The van der Waals surface area contributed by atoms with Gasteiger partial charge in [0.1, 0.15) is 12.2 Å². The molecule has 2 aliphatic rings. The normalized spacial score (nSPS) is 37.1. The number of carbonyl (C=O) groups excluding carboxylic acids is 1. The first-order valence-corrected chi connectivity index (χ1v) is 7.18. The topological polar surface area (TPSA) is 171 Å². The van der Waals surface area contributed by atoms with Gasteiger partial charge in [0, 0.05) is 11.8 Å². The quantitative estimate of drug-likeness (QED) is 0.244. The second-order valence-corrected chi connectivity index (χ2v) is 5.82. The highest BCUT2D eigenvalue weighted by molar-refractivity contribution is 7.90. The molecule has 1 fully saturated rings. The second-order valence-electron chi connectivity index (χ2n) is 4.43. The molecule has 11 nitrogen and oxygen atoms in total. The van der Waals surface area contributed by atoms with Crippen LogP contribution < -0.4 is 5.32 Å². The maximum atomic E-state index is 11.7. The van der Waals surface area contributed by atoms with Crippen LogP contribution in [0.3, 0.4) is 0 Å². The van der Waals surface area contributed by atoms with Crippen molar-refractivity contribution in [3.8, 4) is 0 Å². The summed E-state index contributed by atoms with van der Waals surface area (Å²) in [6, 6.07) is 0. The molecule has 1 spiro atoms. The highest BCUT2D eigenvalue weighted by Crippen LogP contribution is 2.44. The Morgan fingerprint density at radius 1 is 1.67 bits per heavy atom. The molecule has 2 heterocycles. The number of rotatable bonds is 3. The first-order valence-electron chi connectivity index (χ1n) is 5.71. The first kappa shape index (κ1) is 15.7. The van der Waals surface area contributed by atoms with Crippen molar-refractivity contribution in [3.63, 3.8) is 0 Å². The Hall–Kier alpha value is -1.69. The minimum absolute atomic E-state index is 0.294. The van der Waals surface area contributed by atoms with Gasteiger partial charge in [0.2, 0.25) is 5.91 Å². The molecule has 1 amide bonds. The van der Waals surface area contributed by atoms with Crippen LogP contribution in [-0.4, -0.2) is 55.2 Å². The first-order chi connectivity index (χ1) is 9.76. The van der Waals surface area contributed by atoms with Gasteiger partial charge in [-0.1, -0.05) is 5.11 Å². The fourth-order valence-electron chi connectivity index (χ4n) is 2.32. The number of nitrogens with zero attached hydrogens (tertiary/aromatic N) is 3. The number of aliphatic hydroxyl groups is 2. The standard InChI is InChI=1S/C9H12N4O7S/c1-4(15)11-5-3-21(17,18)20-9(5)6(2-14)19-8(7(9)16)12-13-10/h3,6-8,14,16H,2H2,1H3,(H,11,15)/t6-,7+,8-,9-/m1/s1. The Labute approximate surface area is 118 Å². The number of ether oxygens (including phenoxy) is 1. The lowest BCUT2D eigenvalue weighted by molar-refractivity contribution is -0.119. The Morgan fingerprint density at radius 3 is 2.86 bits per heavy atom. The zero-order chi connectivity index (χ0) is 15.8. The highest BCUT2D eigenvalue weighted by atomic mass is 32.2. The fourth-order valence-corrected chi connectivity index (χ4v) is 3.58. The van der Waals surface area contributed by atoms with Gasteiger partial charge in [-0.2, -0.15) is 8.42 Å². The van der Waals surface area contributed by atoms with Crippen LogP contribution in [0.5, 0.6) is 0 Å². The molecule has 1 saturated heterocycles. The van der Waals surface area contributed by atoms with Crippen molar-refractivity contribution < 1.29 is 32.3 Å². The van der Waals surface area contributed by atoms with Crippen molar-refractivity contribution in [2.45, 2.75) is 31.0 Å². The molecule has 21 heavy (non-hydrogen) atoms. The Balaban J connectivity index is 2.53. The van der Waals surface area contributed by atoms with Gasteiger partial charge in [0.25, 0.3) is 10.1 Å². The molecule has 0 aromatic carbocycles. The molecule has 4 atom stereocenters. The van der Waals surface area contributed by atoms with Crippen LogP contribution in [0.1, 0.15) is 6.92 Å². The van der Waals surface area contributed by atoms with Crippen molar-refractivity contribution >= 4 is 16.0 Å². The van der Waals surface area contributed by atoms with Crippen LogP contribution in [0.2, 0.25) is 0 Å². The van der Waals surface area contributed by atoms with E-state index in [1.807, 2.05) is 0 Å². The van der Waals surface area contributed by atoms with Gasteiger partial charge in [-0.15, -0.1) is 0 Å². The summed E-state index contributed by atoms with van der Waals surface area (Å²) in [6.45, 7) is 0.390. The van der Waals surface area contributed by atoms with Crippen molar-refractivity contribution in [2.75, 3.05) is 6.61 Å². The average molecular weight is 320 g/mol. The van der Waals surface area contributed by atoms with Gasteiger partial charge in [-0.3, -0.25) is 4.79 Å². The van der Waals surface area contributed by atoms with E-state index < -0.39 is 46.7 Å². The maximum absolute atomic E-state index is 11.7. The summed E-state index contributed by atoms with van der Waals surface area (Å²) in [5.74, 6) is -0.613. The van der Waals surface area contributed by atoms with Crippen molar-refractivity contribution in [2.24, 2.45) is 5.11 Å². The molecule has 0 saturated carbocycles. The SMILES string of the molecule is CC(=O)NC1=CS(=O)(=O)O[C@@]12[C@@H](CO)O[C@@H](N=[N+]=[N-])[C@@H]2O. The summed E-state index contributed by atoms with van der Waals surface area (Å²) in [5.41, 5.74) is 6.04. The third-order valence-electron chi connectivity index (χ3n) is 3.07. The molecule has 0 bridgehead atoms. The second kappa shape index (κ2) is 5.26. The Bertz CT molecular complexity index is 640. The smallest absolute Gasteiger partial charge is 0.293 e. The summed E-state index contributed by atoms with van der Waals surface area (Å²) in [5, 5.41) is 25.5. The molecular formula is C9H12N4O7S. The number of amides is 1. The van der Waals surface area contributed by atoms with Gasteiger partial charge in [-0.25, -0.2) is 4.18 Å². The molecule has 2 aliphatic heterocycles. The maximum Gasteiger partial charge on any atom is 0.293 e. The van der Waals surface area contributed by atoms with E-state index in [1.54, 1.807) is 0 Å². The summed E-state index contributed by atoms with van der Waals surface area (Å²) < 4.78 is 33.3. The van der Waals surface area contributed by atoms with Gasteiger partial charge >= 0.3 is 0 Å². The van der Waals surface area contributed by atoms with E-state index in [0.717, 1.165) is 6.92 Å². The van der Waals surface area contributed by atoms with E-state index in [-0.39, 0.29) is 5.70 Å². The van der Waals surface area contributed by atoms with E-state index in [4.69, 9.17) is 14.5 Å². The lowest BCUT2D eigenvalue weighted by Gasteiger charge is -2.31. The summed E-state index contributed by atoms with van der Waals surface area (Å²) >= 11 is 0. The zero-order valence-electron chi connectivity index (χ0n) is 10.7. The van der Waals surface area contributed by atoms with Crippen molar-refractivity contribution in [1.29, 1.82) is 0 Å². The molecule has 0 aliphatic carbocycles. The molecule has 2 rings (SSSR count). The van der Waals surface area contributed by atoms with Gasteiger partial charge in [-0.05, 0) is 5.53 Å². The molecule has 116 valence electrons. The molecule has 0 radical (unpaired) electrons. The average Bonchev–Trinajstić information content (AvgIpc) is 2.78. The molecular weight excluding hydrogens is 308 g/mol. The minimum atomic E-state index is -4.21. The van der Waals surface area contributed by atoms with E-state index in [9.17, 15) is 23.4 Å². The lowest BCUT2D eigenvalue weighted by atomic mass is 9.89. The predicted octanol–water partition coefficient (Wildman–Crippen LogP) is -1.55. The number of hydrogen-bond donors (Lipinski definition) is 3. The van der Waals surface area contributed by atoms with Crippen LogP contribution in [0.15, 0.2) is 16.2 Å². The fraction of sp³-hybridized carbons (Fsp3) is 0.667. The van der Waals surface area contributed by atoms with E-state index >= 15 is 0 Å². The number of aliphatic hydroxyl groups excluding tert-OH is 2. The zero-order valence-corrected chi connectivity index (χ0v) is 11.5. The highest BCUT2D eigenvalue weighted by Gasteiger charge is 2.64. The van der Waals surface area contributed by atoms with Gasteiger partial charge < -0.3 is 20.3 Å². The number of nitrogens with one attached hydrogen (secondary N) is 1. The number of carbonyl (C=O) groups is 1. The van der Waals surface area contributed by atoms with E-state index in [2.05, 4.69) is 15.3 Å². The number of azide groups is 1. The molecule has 0 unspecified atom stereocenters. The third kappa shape index (κ3) is 2.48. The monoisotopic (exact) mass is 320 g/mol. The van der Waals surface area contributed by atoms with Gasteiger partial charge in [0.15, 0.2) is 11.8 Å². The van der Waals surface area contributed by atoms with Crippen molar-refractivity contribution in [3.05, 3.63) is 21.5 Å². The summed E-state index contributed by atoms with van der Waals surface area (Å²) in [6.07, 6.45) is -4.56. The van der Waals surface area contributed by atoms with Crippen LogP contribution >= 0.6 is 0 Å². The lowest BCUT2D eigenvalue weighted by Crippen LogP contribution is -2.54. The van der Waals surface area contributed by atoms with Crippen molar-refractivity contribution in [1.82, 2.24) is 5.32 Å². The molecule has 0 aromatic rings. The Kier molecular flexibility index (Phi) is 3.93. The van der Waals surface area contributed by atoms with Gasteiger partial charge in [0.05, 0.1) is 17.7 Å². The van der Waals surface area contributed by atoms with Crippen LogP contribution in [0, 0.1) is 0 Å². The van der Waals surface area contributed by atoms with Crippen LogP contribution in [-0.2, 0) is 23.8 Å². The Morgan fingerprint density at radius 2 is 2.33 bits per heavy atom. The van der Waals surface area contributed by atoms with E-state index in [1.165, 1.54) is 0 Å². The molecule has 12 heteroatoms. The minimum Gasteiger partial charge on any atom is -0.394 e. The van der Waals surface area contributed by atoms with Crippen LogP contribution in [0.25, 0.3) is 10.4 Å². The number of hydrogen-bond acceptors (Lipinski definition) is 8. The summed E-state index contributed by atoms with van der Waals surface area (Å²) in [7, 11) is -4.21. The molecule has 0 aromatic heterocycles. The van der Waals surface area contributed by atoms with Crippen LogP contribution in [0.4, 0.5) is 0 Å². The predicted molar refractivity (Wildman–Crippen MR) is 65.5 cm³/mol. The largest absolute Gasteiger partial charge is 0.394 e. The third-order valence-corrected chi connectivity index (χ3v) is 4.10.